The maximum absolute atomic E-state index is 13.1. The predicted molar refractivity (Wildman–Crippen MR) is 135 cm³/mol. The summed E-state index contributed by atoms with van der Waals surface area (Å²) in [5, 5.41) is 0. The van der Waals surface area contributed by atoms with Crippen LogP contribution in [0.5, 0.6) is 5.75 Å². The lowest BCUT2D eigenvalue weighted by Crippen LogP contribution is -2.42. The molecule has 2 unspecified atom stereocenters. The lowest BCUT2D eigenvalue weighted by Gasteiger charge is -2.34. The van der Waals surface area contributed by atoms with Crippen molar-refractivity contribution in [3.63, 3.8) is 0 Å². The largest absolute Gasteiger partial charge is 0.495 e. The van der Waals surface area contributed by atoms with Crippen LogP contribution in [0.3, 0.4) is 0 Å². The van der Waals surface area contributed by atoms with Crippen LogP contribution in [0, 0.1) is 11.8 Å². The van der Waals surface area contributed by atoms with Gasteiger partial charge in [-0.15, -0.1) is 0 Å². The molecule has 0 N–H and O–H groups in total. The summed E-state index contributed by atoms with van der Waals surface area (Å²) in [5.74, 6) is 0.993. The van der Waals surface area contributed by atoms with Crippen molar-refractivity contribution in [3.05, 3.63) is 52.8 Å². The third-order valence-corrected chi connectivity index (χ3v) is 8.99. The van der Waals surface area contributed by atoms with E-state index in [1.807, 2.05) is 22.8 Å². The number of amides is 1. The van der Waals surface area contributed by atoms with Gasteiger partial charge in [-0.25, -0.2) is 8.42 Å². The molecule has 2 atom stereocenters. The highest BCUT2D eigenvalue weighted by atomic mass is 32.2. The Hall–Kier alpha value is -2.49. The Bertz CT molecular complexity index is 1350. The fourth-order valence-corrected chi connectivity index (χ4v) is 7.40. The van der Waals surface area contributed by atoms with Crippen molar-refractivity contribution in [2.75, 3.05) is 20.2 Å². The summed E-state index contributed by atoms with van der Waals surface area (Å²) in [6, 6.07) is 11.9. The van der Waals surface area contributed by atoms with Gasteiger partial charge in [0, 0.05) is 25.2 Å². The second-order valence-electron chi connectivity index (χ2n) is 9.05. The molecule has 1 aliphatic rings. The highest BCUT2D eigenvalue weighted by Gasteiger charge is 2.31. The SMILES string of the molecule is CCCn1c(=NC(=O)c2ccc(S(=O)(=O)N3CC(C)CC(C)C3)cc2)sc2cccc(OC)c21. The van der Waals surface area contributed by atoms with Gasteiger partial charge in [-0.2, -0.15) is 9.30 Å². The summed E-state index contributed by atoms with van der Waals surface area (Å²) < 4.78 is 36.3. The topological polar surface area (TPSA) is 81.0 Å². The Labute approximate surface area is 204 Å². The Morgan fingerprint density at radius 1 is 1.12 bits per heavy atom. The number of thiazole rings is 1. The van der Waals surface area contributed by atoms with Gasteiger partial charge in [0.2, 0.25) is 10.0 Å². The molecule has 0 aliphatic carbocycles. The van der Waals surface area contributed by atoms with E-state index in [9.17, 15) is 13.2 Å². The molecule has 1 fully saturated rings. The Morgan fingerprint density at radius 3 is 2.41 bits per heavy atom. The number of rotatable bonds is 6. The van der Waals surface area contributed by atoms with Crippen molar-refractivity contribution in [1.82, 2.24) is 8.87 Å². The first-order chi connectivity index (χ1) is 16.2. The minimum Gasteiger partial charge on any atom is -0.495 e. The summed E-state index contributed by atoms with van der Waals surface area (Å²) in [4.78, 5) is 18.2. The molecule has 0 spiro atoms. The van der Waals surface area contributed by atoms with Crippen molar-refractivity contribution >= 4 is 37.5 Å². The van der Waals surface area contributed by atoms with E-state index < -0.39 is 15.9 Å². The van der Waals surface area contributed by atoms with Gasteiger partial charge in [-0.1, -0.05) is 38.2 Å². The fraction of sp³-hybridized carbons (Fsp3) is 0.440. The van der Waals surface area contributed by atoms with Crippen LogP contribution in [-0.4, -0.2) is 43.4 Å². The van der Waals surface area contributed by atoms with Gasteiger partial charge in [-0.3, -0.25) is 4.79 Å². The average molecular weight is 502 g/mol. The zero-order valence-electron chi connectivity index (χ0n) is 20.0. The molecule has 4 rings (SSSR count). The molecule has 3 aromatic rings. The summed E-state index contributed by atoms with van der Waals surface area (Å²) in [5.41, 5.74) is 1.28. The van der Waals surface area contributed by atoms with E-state index in [1.54, 1.807) is 23.5 Å². The van der Waals surface area contributed by atoms with E-state index in [1.165, 1.54) is 23.5 Å². The van der Waals surface area contributed by atoms with Crippen LogP contribution >= 0.6 is 11.3 Å². The van der Waals surface area contributed by atoms with Crippen LogP contribution in [0.4, 0.5) is 0 Å². The summed E-state index contributed by atoms with van der Waals surface area (Å²) in [6.07, 6.45) is 1.91. The highest BCUT2D eigenvalue weighted by Crippen LogP contribution is 2.28. The maximum atomic E-state index is 13.1. The average Bonchev–Trinajstić information content (AvgIpc) is 3.15. The number of methoxy groups -OCH3 is 1. The first-order valence-corrected chi connectivity index (χ1v) is 13.9. The van der Waals surface area contributed by atoms with E-state index in [4.69, 9.17) is 4.74 Å². The van der Waals surface area contributed by atoms with Gasteiger partial charge < -0.3 is 9.30 Å². The fourth-order valence-electron chi connectivity index (χ4n) is 4.65. The van der Waals surface area contributed by atoms with Crippen LogP contribution in [0.2, 0.25) is 0 Å². The monoisotopic (exact) mass is 501 g/mol. The molecule has 0 radical (unpaired) electrons. The molecule has 1 aromatic heterocycles. The number of aryl methyl sites for hydroxylation is 1. The number of para-hydroxylation sites is 1. The van der Waals surface area contributed by atoms with E-state index in [0.717, 1.165) is 28.8 Å². The standard InChI is InChI=1S/C25H31N3O4S2/c1-5-13-28-23-21(32-4)7-6-8-22(23)33-25(28)26-24(29)19-9-11-20(12-10-19)34(30,31)27-15-17(2)14-18(3)16-27/h6-12,17-18H,5,13-16H2,1-4H3. The van der Waals surface area contributed by atoms with Gasteiger partial charge >= 0.3 is 0 Å². The van der Waals surface area contributed by atoms with Crippen molar-refractivity contribution in [2.45, 2.75) is 45.1 Å². The van der Waals surface area contributed by atoms with Crippen LogP contribution < -0.4 is 9.54 Å². The predicted octanol–water partition coefficient (Wildman–Crippen LogP) is 4.53. The van der Waals surface area contributed by atoms with Gasteiger partial charge in [-0.05, 0) is 61.1 Å². The molecule has 1 amide bonds. The molecular weight excluding hydrogens is 470 g/mol. The third kappa shape index (κ3) is 4.82. The number of carbonyl (C=O) groups is 1. The Balaban J connectivity index is 1.65. The van der Waals surface area contributed by atoms with E-state index in [2.05, 4.69) is 25.8 Å². The molecule has 9 heteroatoms. The van der Waals surface area contributed by atoms with Crippen LogP contribution in [0.25, 0.3) is 10.2 Å². The number of nitrogens with zero attached hydrogens (tertiary/aromatic N) is 3. The molecule has 2 heterocycles. The van der Waals surface area contributed by atoms with Crippen molar-refractivity contribution in [2.24, 2.45) is 16.8 Å². The maximum Gasteiger partial charge on any atom is 0.279 e. The molecule has 2 aromatic carbocycles. The molecule has 34 heavy (non-hydrogen) atoms. The van der Waals surface area contributed by atoms with Crippen LogP contribution in [-0.2, 0) is 16.6 Å². The van der Waals surface area contributed by atoms with E-state index in [-0.39, 0.29) is 4.90 Å². The number of hydrogen-bond donors (Lipinski definition) is 0. The number of ether oxygens (including phenoxy) is 1. The zero-order valence-corrected chi connectivity index (χ0v) is 21.7. The summed E-state index contributed by atoms with van der Waals surface area (Å²) in [6.45, 7) is 7.98. The molecule has 1 saturated heterocycles. The van der Waals surface area contributed by atoms with Crippen molar-refractivity contribution in [3.8, 4) is 5.75 Å². The van der Waals surface area contributed by atoms with Crippen molar-refractivity contribution < 1.29 is 17.9 Å². The summed E-state index contributed by atoms with van der Waals surface area (Å²) >= 11 is 1.44. The highest BCUT2D eigenvalue weighted by molar-refractivity contribution is 7.89. The minimum atomic E-state index is -3.59. The van der Waals surface area contributed by atoms with E-state index >= 15 is 0 Å². The number of aromatic nitrogens is 1. The lowest BCUT2D eigenvalue weighted by atomic mass is 9.94. The Morgan fingerprint density at radius 2 is 1.79 bits per heavy atom. The summed E-state index contributed by atoms with van der Waals surface area (Å²) in [7, 11) is -1.96. The molecule has 1 aliphatic heterocycles. The number of carbonyl (C=O) groups excluding carboxylic acids is 1. The number of hydrogen-bond acceptors (Lipinski definition) is 5. The van der Waals surface area contributed by atoms with Gasteiger partial charge in [0.05, 0.1) is 16.7 Å². The zero-order chi connectivity index (χ0) is 24.5. The molecule has 0 saturated carbocycles. The number of benzene rings is 2. The quantitative estimate of drug-likeness (QED) is 0.497. The Kier molecular flexibility index (Phi) is 7.25. The molecule has 182 valence electrons. The lowest BCUT2D eigenvalue weighted by molar-refractivity contribution is 0.0997. The first kappa shape index (κ1) is 24.6. The van der Waals surface area contributed by atoms with Gasteiger partial charge in [0.1, 0.15) is 11.3 Å². The minimum absolute atomic E-state index is 0.206. The number of fused-ring (bicyclic) bond motifs is 1. The molecular formula is C25H31N3O4S2. The van der Waals surface area contributed by atoms with Gasteiger partial charge in [0.15, 0.2) is 4.80 Å². The molecule has 7 nitrogen and oxygen atoms in total. The van der Waals surface area contributed by atoms with Crippen LogP contribution in [0.1, 0.15) is 44.0 Å². The second kappa shape index (κ2) is 10.0. The smallest absolute Gasteiger partial charge is 0.279 e. The third-order valence-electron chi connectivity index (χ3n) is 6.10. The normalized spacial score (nSPS) is 20.1. The second-order valence-corrected chi connectivity index (χ2v) is 12.0. The van der Waals surface area contributed by atoms with Gasteiger partial charge in [0.25, 0.3) is 5.91 Å². The first-order valence-electron chi connectivity index (χ1n) is 11.6. The number of sulfonamides is 1. The molecule has 0 bridgehead atoms. The van der Waals surface area contributed by atoms with Crippen molar-refractivity contribution in [1.29, 1.82) is 0 Å². The van der Waals surface area contributed by atoms with E-state index in [0.29, 0.717) is 41.8 Å². The van der Waals surface area contributed by atoms with Crippen LogP contribution in [0.15, 0.2) is 52.4 Å². The number of piperidine rings is 1.